The van der Waals surface area contributed by atoms with E-state index in [0.717, 1.165) is 98.7 Å². The Kier molecular flexibility index (Phi) is 6.36. The van der Waals surface area contributed by atoms with Gasteiger partial charge in [0.25, 0.3) is 11.8 Å². The van der Waals surface area contributed by atoms with Gasteiger partial charge in [-0.1, -0.05) is 37.1 Å². The molecule has 4 aliphatic rings. The van der Waals surface area contributed by atoms with E-state index in [0.29, 0.717) is 6.04 Å². The molecule has 1 saturated carbocycles. The van der Waals surface area contributed by atoms with Crippen LogP contribution in [0.4, 0.5) is 0 Å². The minimum atomic E-state index is 0.138. The molecule has 184 valence electrons. The summed E-state index contributed by atoms with van der Waals surface area (Å²) in [5.74, 6) is 0.350. The lowest BCUT2D eigenvalue weighted by Crippen LogP contribution is -2.51. The minimum absolute atomic E-state index is 0.138. The summed E-state index contributed by atoms with van der Waals surface area (Å²) < 4.78 is 0. The Hall–Kier alpha value is -2.66. The van der Waals surface area contributed by atoms with Crippen molar-refractivity contribution in [3.8, 4) is 11.1 Å². The van der Waals surface area contributed by atoms with Crippen molar-refractivity contribution in [1.29, 1.82) is 0 Å². The minimum Gasteiger partial charge on any atom is -0.339 e. The van der Waals surface area contributed by atoms with Crippen LogP contribution in [0.25, 0.3) is 11.1 Å². The summed E-state index contributed by atoms with van der Waals surface area (Å²) in [7, 11) is 0. The molecule has 0 aromatic heterocycles. The fourth-order valence-corrected chi connectivity index (χ4v) is 6.77. The Bertz CT molecular complexity index is 1080. The molecule has 35 heavy (non-hydrogen) atoms. The van der Waals surface area contributed by atoms with Crippen molar-refractivity contribution >= 4 is 11.8 Å². The second-order valence-corrected chi connectivity index (χ2v) is 10.9. The standard InChI is InChI=1S/C30H37N3O2/c34-29(32-16-3-4-17-32)23-9-7-22(8-10-23)24-11-12-28-25(21-24)13-20-33(30(28)35)27-14-18-31(19-15-27)26-5-1-2-6-26/h7-12,21,26-27H,1-6,13-20H2. The third-order valence-electron chi connectivity index (χ3n) is 8.86. The van der Waals surface area contributed by atoms with Crippen molar-refractivity contribution in [2.45, 2.75) is 69.9 Å². The third-order valence-corrected chi connectivity index (χ3v) is 8.86. The summed E-state index contributed by atoms with van der Waals surface area (Å²) >= 11 is 0. The molecule has 5 heteroatoms. The first-order valence-electron chi connectivity index (χ1n) is 13.7. The van der Waals surface area contributed by atoms with Crippen LogP contribution >= 0.6 is 0 Å². The van der Waals surface area contributed by atoms with E-state index < -0.39 is 0 Å². The van der Waals surface area contributed by atoms with Gasteiger partial charge in [0.2, 0.25) is 0 Å². The van der Waals surface area contributed by atoms with E-state index in [1.807, 2.05) is 35.2 Å². The average Bonchev–Trinajstić information content (AvgIpc) is 3.64. The summed E-state index contributed by atoms with van der Waals surface area (Å²) in [6.07, 6.45) is 10.8. The molecule has 5 nitrogen and oxygen atoms in total. The topological polar surface area (TPSA) is 43.9 Å². The van der Waals surface area contributed by atoms with E-state index in [4.69, 9.17) is 0 Å². The molecule has 2 amide bonds. The van der Waals surface area contributed by atoms with E-state index in [-0.39, 0.29) is 11.8 Å². The van der Waals surface area contributed by atoms with E-state index in [9.17, 15) is 9.59 Å². The first kappa shape index (κ1) is 22.8. The lowest BCUT2D eigenvalue weighted by molar-refractivity contribution is 0.0507. The Morgan fingerprint density at radius 1 is 0.714 bits per heavy atom. The third kappa shape index (κ3) is 4.51. The van der Waals surface area contributed by atoms with Gasteiger partial charge >= 0.3 is 0 Å². The molecule has 3 fully saturated rings. The lowest BCUT2D eigenvalue weighted by Gasteiger charge is -2.42. The van der Waals surface area contributed by atoms with Crippen LogP contribution in [0.15, 0.2) is 42.5 Å². The number of piperidine rings is 1. The maximum atomic E-state index is 13.4. The van der Waals surface area contributed by atoms with E-state index >= 15 is 0 Å². The summed E-state index contributed by atoms with van der Waals surface area (Å²) in [6.45, 7) is 4.85. The van der Waals surface area contributed by atoms with Crippen LogP contribution in [0, 0.1) is 0 Å². The second-order valence-electron chi connectivity index (χ2n) is 10.9. The molecule has 1 aliphatic carbocycles. The zero-order valence-electron chi connectivity index (χ0n) is 20.8. The van der Waals surface area contributed by atoms with Crippen LogP contribution in [-0.4, -0.2) is 71.3 Å². The quantitative estimate of drug-likeness (QED) is 0.631. The highest BCUT2D eigenvalue weighted by Crippen LogP contribution is 2.31. The molecule has 0 unspecified atom stereocenters. The highest BCUT2D eigenvalue weighted by atomic mass is 16.2. The van der Waals surface area contributed by atoms with Gasteiger partial charge in [-0.15, -0.1) is 0 Å². The maximum absolute atomic E-state index is 13.4. The molecule has 2 saturated heterocycles. The van der Waals surface area contributed by atoms with Crippen LogP contribution in [0.3, 0.4) is 0 Å². The monoisotopic (exact) mass is 471 g/mol. The predicted octanol–water partition coefficient (Wildman–Crippen LogP) is 4.99. The predicted molar refractivity (Wildman–Crippen MR) is 139 cm³/mol. The Morgan fingerprint density at radius 3 is 2.11 bits per heavy atom. The smallest absolute Gasteiger partial charge is 0.254 e. The first-order chi connectivity index (χ1) is 17.2. The molecule has 3 aliphatic heterocycles. The van der Waals surface area contributed by atoms with Gasteiger partial charge in [0.1, 0.15) is 0 Å². The number of likely N-dealkylation sites (tertiary alicyclic amines) is 2. The van der Waals surface area contributed by atoms with E-state index in [1.54, 1.807) is 0 Å². The van der Waals surface area contributed by atoms with E-state index in [1.165, 1.54) is 25.7 Å². The molecule has 0 bridgehead atoms. The molecule has 2 aromatic carbocycles. The van der Waals surface area contributed by atoms with Crippen LogP contribution in [0.2, 0.25) is 0 Å². The van der Waals surface area contributed by atoms with Crippen molar-refractivity contribution < 1.29 is 9.59 Å². The number of rotatable bonds is 4. The zero-order chi connectivity index (χ0) is 23.8. The Balaban J connectivity index is 1.12. The second kappa shape index (κ2) is 9.77. The number of carbonyl (C=O) groups is 2. The summed E-state index contributed by atoms with van der Waals surface area (Å²) in [5, 5.41) is 0. The lowest BCUT2D eigenvalue weighted by atomic mass is 9.91. The van der Waals surface area contributed by atoms with Crippen LogP contribution < -0.4 is 0 Å². The van der Waals surface area contributed by atoms with Crippen molar-refractivity contribution in [3.63, 3.8) is 0 Å². The highest BCUT2D eigenvalue weighted by Gasteiger charge is 2.34. The van der Waals surface area contributed by atoms with Gasteiger partial charge in [-0.2, -0.15) is 0 Å². The van der Waals surface area contributed by atoms with Crippen LogP contribution in [-0.2, 0) is 6.42 Å². The summed E-state index contributed by atoms with van der Waals surface area (Å²) in [4.78, 5) is 32.9. The number of hydrogen-bond acceptors (Lipinski definition) is 3. The van der Waals surface area contributed by atoms with E-state index in [2.05, 4.69) is 21.9 Å². The summed E-state index contributed by atoms with van der Waals surface area (Å²) in [6, 6.07) is 15.4. The molecular formula is C30H37N3O2. The number of amides is 2. The number of benzene rings is 2. The van der Waals surface area contributed by atoms with Crippen LogP contribution in [0.5, 0.6) is 0 Å². The molecule has 0 atom stereocenters. The SMILES string of the molecule is O=C(c1ccc(-c2ccc3c(c2)CCN(C2CCN(C4CCCC4)CC2)C3=O)cc1)N1CCCC1. The van der Waals surface area contributed by atoms with Crippen LogP contribution in [0.1, 0.15) is 77.6 Å². The fourth-order valence-electron chi connectivity index (χ4n) is 6.77. The largest absolute Gasteiger partial charge is 0.339 e. The van der Waals surface area contributed by atoms with Crippen molar-refractivity contribution in [1.82, 2.24) is 14.7 Å². The zero-order valence-corrected chi connectivity index (χ0v) is 20.8. The number of nitrogens with zero attached hydrogens (tertiary/aromatic N) is 3. The normalized spacial score (nSPS) is 22.1. The van der Waals surface area contributed by atoms with Gasteiger partial charge in [-0.05, 0) is 79.8 Å². The molecular weight excluding hydrogens is 434 g/mol. The highest BCUT2D eigenvalue weighted by molar-refractivity contribution is 5.98. The van der Waals surface area contributed by atoms with Gasteiger partial charge in [-0.25, -0.2) is 0 Å². The van der Waals surface area contributed by atoms with Crippen molar-refractivity contribution in [2.24, 2.45) is 0 Å². The number of carbonyl (C=O) groups excluding carboxylic acids is 2. The van der Waals surface area contributed by atoms with Crippen molar-refractivity contribution in [2.75, 3.05) is 32.7 Å². The Labute approximate surface area is 209 Å². The van der Waals surface area contributed by atoms with Gasteiger partial charge in [0.15, 0.2) is 0 Å². The molecule has 0 spiro atoms. The molecule has 2 aromatic rings. The maximum Gasteiger partial charge on any atom is 0.254 e. The van der Waals surface area contributed by atoms with Gasteiger partial charge < -0.3 is 14.7 Å². The van der Waals surface area contributed by atoms with Crippen molar-refractivity contribution in [3.05, 3.63) is 59.2 Å². The van der Waals surface area contributed by atoms with Gasteiger partial charge in [0.05, 0.1) is 0 Å². The first-order valence-corrected chi connectivity index (χ1v) is 13.7. The summed E-state index contributed by atoms with van der Waals surface area (Å²) in [5.41, 5.74) is 5.01. The number of hydrogen-bond donors (Lipinski definition) is 0. The number of fused-ring (bicyclic) bond motifs is 1. The van der Waals surface area contributed by atoms with Gasteiger partial charge in [0, 0.05) is 55.9 Å². The van der Waals surface area contributed by atoms with Gasteiger partial charge in [-0.3, -0.25) is 9.59 Å². The molecule has 3 heterocycles. The average molecular weight is 472 g/mol. The fraction of sp³-hybridized carbons (Fsp3) is 0.533. The molecule has 6 rings (SSSR count). The molecule has 0 N–H and O–H groups in total. The Morgan fingerprint density at radius 2 is 1.40 bits per heavy atom. The molecule has 0 radical (unpaired) electrons.